The maximum atomic E-state index is 11.7. The average Bonchev–Trinajstić information content (AvgIpc) is 2.86. The molecule has 0 aliphatic rings. The molecule has 1 heterocycles. The standard InChI is InChI=1S/C14H12N2O2S/c1-3-11-9-15-19-13(11)16-14(17)18-10(2)12-7-5-4-6-8-12/h1,4-10H,2H3,(H,16,17)/t10-/m1/s1. The van der Waals surface area contributed by atoms with Gasteiger partial charge in [0.15, 0.2) is 0 Å². The molecule has 0 aliphatic heterocycles. The van der Waals surface area contributed by atoms with Gasteiger partial charge in [-0.1, -0.05) is 36.3 Å². The van der Waals surface area contributed by atoms with Crippen LogP contribution in [0.25, 0.3) is 0 Å². The first-order valence-electron chi connectivity index (χ1n) is 5.64. The molecule has 1 atom stereocenters. The van der Waals surface area contributed by atoms with Gasteiger partial charge in [-0.2, -0.15) is 4.37 Å². The number of amides is 1. The zero-order valence-corrected chi connectivity index (χ0v) is 11.1. The molecule has 0 aliphatic carbocycles. The Hall–Kier alpha value is -2.32. The fourth-order valence-electron chi connectivity index (χ4n) is 1.51. The monoisotopic (exact) mass is 272 g/mol. The van der Waals surface area contributed by atoms with Crippen LogP contribution in [0.3, 0.4) is 0 Å². The number of benzene rings is 1. The second-order valence-corrected chi connectivity index (χ2v) is 4.60. The number of ether oxygens (including phenoxy) is 1. The predicted molar refractivity (Wildman–Crippen MR) is 75.0 cm³/mol. The van der Waals surface area contributed by atoms with Crippen molar-refractivity contribution in [3.05, 3.63) is 47.7 Å². The minimum atomic E-state index is -0.544. The molecule has 5 heteroatoms. The lowest BCUT2D eigenvalue weighted by molar-refractivity contribution is 0.121. The van der Waals surface area contributed by atoms with E-state index >= 15 is 0 Å². The van der Waals surface area contributed by atoms with Gasteiger partial charge in [-0.15, -0.1) is 6.42 Å². The summed E-state index contributed by atoms with van der Waals surface area (Å²) in [5, 5.41) is 3.12. The summed E-state index contributed by atoms with van der Waals surface area (Å²) < 4.78 is 9.18. The Morgan fingerprint density at radius 3 is 2.89 bits per heavy atom. The van der Waals surface area contributed by atoms with Crippen molar-refractivity contribution in [2.24, 2.45) is 0 Å². The zero-order valence-electron chi connectivity index (χ0n) is 10.3. The minimum absolute atomic E-state index is 0.330. The quantitative estimate of drug-likeness (QED) is 0.871. The van der Waals surface area contributed by atoms with Crippen LogP contribution in [0.15, 0.2) is 36.5 Å². The van der Waals surface area contributed by atoms with Gasteiger partial charge < -0.3 is 4.74 Å². The van der Waals surface area contributed by atoms with Gasteiger partial charge in [0.25, 0.3) is 0 Å². The molecular weight excluding hydrogens is 260 g/mol. The van der Waals surface area contributed by atoms with E-state index in [0.717, 1.165) is 17.1 Å². The Labute approximate surface area is 115 Å². The molecule has 0 saturated heterocycles. The van der Waals surface area contributed by atoms with Gasteiger partial charge in [0, 0.05) is 0 Å². The first kappa shape index (κ1) is 13.1. The maximum Gasteiger partial charge on any atom is 0.412 e. The average molecular weight is 272 g/mol. The topological polar surface area (TPSA) is 51.2 Å². The molecule has 96 valence electrons. The lowest BCUT2D eigenvalue weighted by Crippen LogP contribution is -2.15. The smallest absolute Gasteiger partial charge is 0.412 e. The molecule has 1 amide bonds. The number of terminal acetylenes is 1. The zero-order chi connectivity index (χ0) is 13.7. The molecule has 0 radical (unpaired) electrons. The highest BCUT2D eigenvalue weighted by molar-refractivity contribution is 7.10. The van der Waals surface area contributed by atoms with Crippen LogP contribution < -0.4 is 5.32 Å². The summed E-state index contributed by atoms with van der Waals surface area (Å²) in [6, 6.07) is 9.50. The van der Waals surface area contributed by atoms with Crippen molar-refractivity contribution in [2.45, 2.75) is 13.0 Å². The SMILES string of the molecule is C#Cc1cnsc1NC(=O)O[C@H](C)c1ccccc1. The largest absolute Gasteiger partial charge is 0.441 e. The van der Waals surface area contributed by atoms with E-state index in [9.17, 15) is 4.79 Å². The van der Waals surface area contributed by atoms with Gasteiger partial charge in [0.05, 0.1) is 11.8 Å². The van der Waals surface area contributed by atoms with Crippen molar-refractivity contribution < 1.29 is 9.53 Å². The molecule has 0 unspecified atom stereocenters. The minimum Gasteiger partial charge on any atom is -0.441 e. The number of nitrogens with one attached hydrogen (secondary N) is 1. The van der Waals surface area contributed by atoms with Crippen LogP contribution in [0.4, 0.5) is 9.80 Å². The molecule has 1 aromatic carbocycles. The highest BCUT2D eigenvalue weighted by Gasteiger charge is 2.13. The van der Waals surface area contributed by atoms with Gasteiger partial charge in [-0.3, -0.25) is 5.32 Å². The number of aromatic nitrogens is 1. The van der Waals surface area contributed by atoms with Crippen LogP contribution in [0, 0.1) is 12.3 Å². The summed E-state index contributed by atoms with van der Waals surface area (Å²) in [5.41, 5.74) is 1.48. The molecule has 0 bridgehead atoms. The molecule has 1 aromatic heterocycles. The molecule has 4 nitrogen and oxygen atoms in total. The van der Waals surface area contributed by atoms with E-state index in [1.54, 1.807) is 0 Å². The number of hydrogen-bond donors (Lipinski definition) is 1. The van der Waals surface area contributed by atoms with Gasteiger partial charge in [0.1, 0.15) is 11.1 Å². The fraction of sp³-hybridized carbons (Fsp3) is 0.143. The third kappa shape index (κ3) is 3.33. The normalized spacial score (nSPS) is 11.4. The van der Waals surface area contributed by atoms with Crippen molar-refractivity contribution in [3.63, 3.8) is 0 Å². The second kappa shape index (κ2) is 6.03. The van der Waals surface area contributed by atoms with Gasteiger partial charge in [0.2, 0.25) is 0 Å². The number of nitrogens with zero attached hydrogens (tertiary/aromatic N) is 1. The highest BCUT2D eigenvalue weighted by atomic mass is 32.1. The molecule has 19 heavy (non-hydrogen) atoms. The van der Waals surface area contributed by atoms with Crippen molar-refractivity contribution >= 4 is 22.6 Å². The number of carbonyl (C=O) groups is 1. The van der Waals surface area contributed by atoms with Crippen LogP contribution in [0.5, 0.6) is 0 Å². The van der Waals surface area contributed by atoms with E-state index in [0.29, 0.717) is 10.6 Å². The summed E-state index contributed by atoms with van der Waals surface area (Å²) in [7, 11) is 0. The van der Waals surface area contributed by atoms with Gasteiger partial charge in [-0.05, 0) is 24.0 Å². The summed E-state index contributed by atoms with van der Waals surface area (Å²) in [6.07, 6.45) is 5.94. The highest BCUT2D eigenvalue weighted by Crippen LogP contribution is 2.21. The number of rotatable bonds is 3. The lowest BCUT2D eigenvalue weighted by Gasteiger charge is -2.13. The van der Waals surface area contributed by atoms with Crippen molar-refractivity contribution in [1.82, 2.24) is 4.37 Å². The lowest BCUT2D eigenvalue weighted by atomic mass is 10.1. The van der Waals surface area contributed by atoms with Gasteiger partial charge in [-0.25, -0.2) is 4.79 Å². The van der Waals surface area contributed by atoms with E-state index in [4.69, 9.17) is 11.2 Å². The third-order valence-corrected chi connectivity index (χ3v) is 3.21. The second-order valence-electron chi connectivity index (χ2n) is 3.80. The first-order chi connectivity index (χ1) is 9.20. The van der Waals surface area contributed by atoms with Crippen LogP contribution in [-0.2, 0) is 4.74 Å². The molecule has 1 N–H and O–H groups in total. The first-order valence-corrected chi connectivity index (χ1v) is 6.42. The van der Waals surface area contributed by atoms with Crippen LogP contribution in [-0.4, -0.2) is 10.5 Å². The van der Waals surface area contributed by atoms with E-state index < -0.39 is 6.09 Å². The number of hydrogen-bond acceptors (Lipinski definition) is 4. The fourth-order valence-corrected chi connectivity index (χ4v) is 2.11. The van der Waals surface area contributed by atoms with E-state index in [1.807, 2.05) is 37.3 Å². The van der Waals surface area contributed by atoms with Crippen molar-refractivity contribution in [2.75, 3.05) is 5.32 Å². The Morgan fingerprint density at radius 1 is 1.47 bits per heavy atom. The molecule has 0 spiro atoms. The molecule has 0 saturated carbocycles. The Kier molecular flexibility index (Phi) is 4.16. The van der Waals surface area contributed by atoms with Crippen molar-refractivity contribution in [3.8, 4) is 12.3 Å². The molecule has 0 fully saturated rings. The molecular formula is C14H12N2O2S. The third-order valence-electron chi connectivity index (χ3n) is 2.49. The van der Waals surface area contributed by atoms with E-state index in [2.05, 4.69) is 15.6 Å². The Morgan fingerprint density at radius 2 is 2.21 bits per heavy atom. The summed E-state index contributed by atoms with van der Waals surface area (Å²) in [6.45, 7) is 1.81. The summed E-state index contributed by atoms with van der Waals surface area (Å²) >= 11 is 1.12. The Bertz CT molecular complexity index is 601. The molecule has 2 rings (SSSR count). The van der Waals surface area contributed by atoms with Crippen LogP contribution in [0.1, 0.15) is 24.2 Å². The number of carbonyl (C=O) groups excluding carboxylic acids is 1. The van der Waals surface area contributed by atoms with Gasteiger partial charge >= 0.3 is 6.09 Å². The van der Waals surface area contributed by atoms with E-state index in [-0.39, 0.29) is 6.10 Å². The molecule has 2 aromatic rings. The van der Waals surface area contributed by atoms with E-state index in [1.165, 1.54) is 6.20 Å². The summed E-state index contributed by atoms with van der Waals surface area (Å²) in [5.74, 6) is 2.44. The predicted octanol–water partition coefficient (Wildman–Crippen LogP) is 3.43. The van der Waals surface area contributed by atoms with Crippen LogP contribution in [0.2, 0.25) is 0 Å². The Balaban J connectivity index is 1.97. The van der Waals surface area contributed by atoms with Crippen LogP contribution >= 0.6 is 11.5 Å². The summed E-state index contributed by atoms with van der Waals surface area (Å²) in [4.78, 5) is 11.7. The van der Waals surface area contributed by atoms with Crippen molar-refractivity contribution in [1.29, 1.82) is 0 Å². The maximum absolute atomic E-state index is 11.7. The number of anilines is 1.